The first-order valence-corrected chi connectivity index (χ1v) is 11.5. The van der Waals surface area contributed by atoms with Gasteiger partial charge in [0.15, 0.2) is 5.41 Å². The van der Waals surface area contributed by atoms with E-state index in [0.29, 0.717) is 13.2 Å². The molecule has 0 fully saturated rings. The van der Waals surface area contributed by atoms with Crippen LogP contribution in [0.25, 0.3) is 0 Å². The summed E-state index contributed by atoms with van der Waals surface area (Å²) >= 11 is 0. The molecule has 0 aromatic heterocycles. The van der Waals surface area contributed by atoms with E-state index in [1.165, 1.54) is 0 Å². The number of hydrogen-bond donors (Lipinski definition) is 3. The van der Waals surface area contributed by atoms with Crippen molar-refractivity contribution in [3.63, 3.8) is 0 Å². The molecular weight excluding hydrogens is 430 g/mol. The average Bonchev–Trinajstić information content (AvgIpc) is 2.85. The van der Waals surface area contributed by atoms with Crippen molar-refractivity contribution in [2.24, 2.45) is 17.1 Å². The van der Waals surface area contributed by atoms with Gasteiger partial charge in [0.1, 0.15) is 11.8 Å². The zero-order chi connectivity index (χ0) is 25.7. The third kappa shape index (κ3) is 5.95. The molecule has 0 saturated carbocycles. The smallest absolute Gasteiger partial charge is 0.191 e. The number of ether oxygens (including phenoxy) is 1. The largest absolute Gasteiger partial charge is 0.494 e. The van der Waals surface area contributed by atoms with Gasteiger partial charge in [-0.25, -0.2) is 0 Å². The van der Waals surface area contributed by atoms with Crippen LogP contribution in [0.1, 0.15) is 39.2 Å². The van der Waals surface area contributed by atoms with E-state index in [-0.39, 0.29) is 30.4 Å². The molecule has 2 aliphatic rings. The number of benzene rings is 1. The molecule has 182 valence electrons. The van der Waals surface area contributed by atoms with Crippen molar-refractivity contribution in [1.29, 1.82) is 15.8 Å². The predicted octanol–water partition coefficient (Wildman–Crippen LogP) is 2.83. The molecule has 1 aromatic carbocycles. The van der Waals surface area contributed by atoms with Gasteiger partial charge in [-0.3, -0.25) is 4.90 Å². The summed E-state index contributed by atoms with van der Waals surface area (Å²) in [5, 5.41) is 45.0. The molecule has 0 bridgehead atoms. The van der Waals surface area contributed by atoms with Gasteiger partial charge in [-0.1, -0.05) is 25.1 Å². The fourth-order valence-corrected chi connectivity index (χ4v) is 4.31. The van der Waals surface area contributed by atoms with E-state index < -0.39 is 11.3 Å². The first-order chi connectivity index (χ1) is 16.4. The summed E-state index contributed by atoms with van der Waals surface area (Å²) in [5.74, 6) is 0.112. The Bertz CT molecular complexity index is 964. The number of nitrogens with two attached hydrogens (primary N) is 1. The van der Waals surface area contributed by atoms with Crippen LogP contribution >= 0.6 is 0 Å². The van der Waals surface area contributed by atoms with Gasteiger partial charge < -0.3 is 20.7 Å². The van der Waals surface area contributed by atoms with Gasteiger partial charge in [0.2, 0.25) is 0 Å². The van der Waals surface area contributed by atoms with E-state index in [1.807, 2.05) is 37.3 Å². The molecule has 2 atom stereocenters. The van der Waals surface area contributed by atoms with Gasteiger partial charge >= 0.3 is 0 Å². The first kappa shape index (κ1) is 28.7. The van der Waals surface area contributed by atoms with Crippen molar-refractivity contribution in [2.45, 2.75) is 33.6 Å². The molecule has 3 rings (SSSR count). The standard InChI is InChI=1S/C22H23N5O.2C2H6O/c1-3-27-10-9-17-18(11-23)21(26)22(13-24,14-25)20(19(17)12-27)15-5-7-16(8-6-15)28-4-2;2*1-2-3/h5-9,19-20H,3-4,10,12,26H2,1-2H3;2*3H,2H2,1H3/t19-,20+;;/m1../s1. The lowest BCUT2D eigenvalue weighted by Gasteiger charge is -2.45. The second kappa shape index (κ2) is 14.0. The minimum atomic E-state index is -1.59. The van der Waals surface area contributed by atoms with Crippen molar-refractivity contribution in [1.82, 2.24) is 4.90 Å². The topological polar surface area (TPSA) is 150 Å². The Morgan fingerprint density at radius 2 is 1.62 bits per heavy atom. The highest BCUT2D eigenvalue weighted by molar-refractivity contribution is 5.59. The Labute approximate surface area is 202 Å². The van der Waals surface area contributed by atoms with E-state index in [4.69, 9.17) is 20.7 Å². The molecular formula is C26H35N5O3. The molecule has 0 spiro atoms. The zero-order valence-corrected chi connectivity index (χ0v) is 20.5. The number of aliphatic hydroxyl groups excluding tert-OH is 2. The van der Waals surface area contributed by atoms with Crippen LogP contribution in [-0.4, -0.2) is 54.6 Å². The number of nitrogens with zero attached hydrogens (tertiary/aromatic N) is 4. The number of likely N-dealkylation sites (N-methyl/N-ethyl adjacent to an activating group) is 1. The Morgan fingerprint density at radius 3 is 2.06 bits per heavy atom. The summed E-state index contributed by atoms with van der Waals surface area (Å²) in [6, 6.07) is 14.0. The number of aliphatic hydroxyl groups is 2. The van der Waals surface area contributed by atoms with E-state index >= 15 is 0 Å². The van der Waals surface area contributed by atoms with Crippen LogP contribution in [0.15, 0.2) is 47.2 Å². The lowest BCUT2D eigenvalue weighted by atomic mass is 9.58. The van der Waals surface area contributed by atoms with Crippen molar-refractivity contribution in [2.75, 3.05) is 39.5 Å². The maximum absolute atomic E-state index is 10.1. The number of hydrogen-bond acceptors (Lipinski definition) is 8. The van der Waals surface area contributed by atoms with Crippen molar-refractivity contribution < 1.29 is 14.9 Å². The quantitative estimate of drug-likeness (QED) is 0.614. The summed E-state index contributed by atoms with van der Waals surface area (Å²) in [5.41, 5.74) is 6.76. The van der Waals surface area contributed by atoms with Crippen molar-refractivity contribution in [3.8, 4) is 24.0 Å². The Hall–Kier alpha value is -3.35. The summed E-state index contributed by atoms with van der Waals surface area (Å²) in [6.07, 6.45) is 2.02. The van der Waals surface area contributed by atoms with Gasteiger partial charge in [-0.2, -0.15) is 15.8 Å². The first-order valence-electron chi connectivity index (χ1n) is 11.5. The molecule has 0 amide bonds. The normalized spacial score (nSPS) is 20.5. The van der Waals surface area contributed by atoms with Gasteiger partial charge in [0, 0.05) is 38.1 Å². The monoisotopic (exact) mass is 465 g/mol. The van der Waals surface area contributed by atoms with Gasteiger partial charge in [-0.15, -0.1) is 0 Å². The molecule has 0 saturated heterocycles. The highest BCUT2D eigenvalue weighted by Gasteiger charge is 2.54. The molecule has 34 heavy (non-hydrogen) atoms. The van der Waals surface area contributed by atoms with Crippen LogP contribution in [-0.2, 0) is 0 Å². The number of rotatable bonds is 4. The van der Waals surface area contributed by atoms with Crippen LogP contribution in [0.5, 0.6) is 5.75 Å². The summed E-state index contributed by atoms with van der Waals surface area (Å²) < 4.78 is 5.52. The third-order valence-electron chi connectivity index (χ3n) is 5.74. The number of allylic oxidation sites excluding steroid dienone is 2. The third-order valence-corrected chi connectivity index (χ3v) is 5.74. The van der Waals surface area contributed by atoms with Crippen LogP contribution < -0.4 is 10.5 Å². The Balaban J connectivity index is 0.000000872. The molecule has 1 heterocycles. The minimum absolute atomic E-state index is 0.0614. The minimum Gasteiger partial charge on any atom is -0.494 e. The fraction of sp³-hybridized carbons (Fsp3) is 0.500. The van der Waals surface area contributed by atoms with Crippen LogP contribution in [0, 0.1) is 45.3 Å². The zero-order valence-electron chi connectivity index (χ0n) is 20.5. The number of fused-ring (bicyclic) bond motifs is 1. The maximum atomic E-state index is 10.1. The molecule has 1 aromatic rings. The summed E-state index contributed by atoms with van der Waals surface area (Å²) in [4.78, 5) is 2.24. The van der Waals surface area contributed by atoms with E-state index in [0.717, 1.165) is 30.0 Å². The summed E-state index contributed by atoms with van der Waals surface area (Å²) in [7, 11) is 0. The molecule has 4 N–H and O–H groups in total. The second-order valence-electron chi connectivity index (χ2n) is 7.66. The number of nitriles is 3. The lowest BCUT2D eigenvalue weighted by Crippen LogP contribution is -2.48. The maximum Gasteiger partial charge on any atom is 0.191 e. The molecule has 0 radical (unpaired) electrons. The molecule has 1 aliphatic heterocycles. The summed E-state index contributed by atoms with van der Waals surface area (Å²) in [6.45, 7) is 10.7. The average molecular weight is 466 g/mol. The van der Waals surface area contributed by atoms with Crippen molar-refractivity contribution in [3.05, 3.63) is 52.7 Å². The van der Waals surface area contributed by atoms with Crippen LogP contribution in [0.4, 0.5) is 0 Å². The predicted molar refractivity (Wildman–Crippen MR) is 130 cm³/mol. The molecule has 8 nitrogen and oxygen atoms in total. The highest BCUT2D eigenvalue weighted by Crippen LogP contribution is 2.54. The molecule has 0 unspecified atom stereocenters. The Kier molecular flexibility index (Phi) is 11.8. The Morgan fingerprint density at radius 1 is 1.06 bits per heavy atom. The van der Waals surface area contributed by atoms with Crippen molar-refractivity contribution >= 4 is 0 Å². The lowest BCUT2D eigenvalue weighted by molar-refractivity contribution is 0.214. The highest BCUT2D eigenvalue weighted by atomic mass is 16.5. The fourth-order valence-electron chi connectivity index (χ4n) is 4.31. The van der Waals surface area contributed by atoms with E-state index in [9.17, 15) is 15.8 Å². The van der Waals surface area contributed by atoms with E-state index in [2.05, 4.69) is 30.0 Å². The van der Waals surface area contributed by atoms with Crippen LogP contribution in [0.3, 0.4) is 0 Å². The van der Waals surface area contributed by atoms with Gasteiger partial charge in [0.05, 0.1) is 30.0 Å². The van der Waals surface area contributed by atoms with Crippen LogP contribution in [0.2, 0.25) is 0 Å². The molecule has 1 aliphatic carbocycles. The SMILES string of the molecule is CCO.CCO.CCOc1ccc([C@H]2[C@@H]3CN(CC)CC=C3C(C#N)=C(N)C2(C#N)C#N)cc1. The van der Waals surface area contributed by atoms with Gasteiger partial charge in [-0.05, 0) is 50.6 Å². The van der Waals surface area contributed by atoms with E-state index in [1.54, 1.807) is 13.8 Å². The van der Waals surface area contributed by atoms with Gasteiger partial charge in [0.25, 0.3) is 0 Å². The molecule has 8 heteroatoms. The second-order valence-corrected chi connectivity index (χ2v) is 7.66.